The molecule has 0 aliphatic carbocycles. The zero-order chi connectivity index (χ0) is 15.5. The Balaban J connectivity index is 2.08. The fourth-order valence-electron chi connectivity index (χ4n) is 2.43. The topological polar surface area (TPSA) is 58.6 Å². The van der Waals surface area contributed by atoms with Gasteiger partial charge in [0.25, 0.3) is 10.0 Å². The van der Waals surface area contributed by atoms with Crippen molar-refractivity contribution in [2.45, 2.75) is 50.2 Å². The summed E-state index contributed by atoms with van der Waals surface area (Å²) in [5.41, 5.74) is 0. The molecule has 1 saturated heterocycles. The highest BCUT2D eigenvalue weighted by atomic mass is 32.2. The molecule has 0 saturated carbocycles. The molecular weight excluding hydrogens is 308 g/mol. The number of hydrogen-bond acceptors (Lipinski definition) is 5. The van der Waals surface area contributed by atoms with Crippen LogP contribution in [0.3, 0.4) is 0 Å². The van der Waals surface area contributed by atoms with Crippen LogP contribution < -0.4 is 5.32 Å². The molecule has 2 heterocycles. The van der Waals surface area contributed by atoms with Crippen LogP contribution in [0.15, 0.2) is 16.3 Å². The van der Waals surface area contributed by atoms with Gasteiger partial charge in [-0.15, -0.1) is 11.3 Å². The van der Waals surface area contributed by atoms with Crippen molar-refractivity contribution in [2.75, 3.05) is 19.6 Å². The summed E-state index contributed by atoms with van der Waals surface area (Å²) in [6.45, 7) is 8.45. The molecule has 0 amide bonds. The van der Waals surface area contributed by atoms with Gasteiger partial charge in [0.1, 0.15) is 4.21 Å². The zero-order valence-electron chi connectivity index (χ0n) is 12.8. The second-order valence-electron chi connectivity index (χ2n) is 5.48. The number of morpholine rings is 1. The number of rotatable bonds is 6. The first kappa shape index (κ1) is 16.9. The highest BCUT2D eigenvalue weighted by molar-refractivity contribution is 7.91. The van der Waals surface area contributed by atoms with Crippen LogP contribution in [-0.4, -0.2) is 44.6 Å². The lowest BCUT2D eigenvalue weighted by atomic mass is 10.3. The number of thiophene rings is 1. The Morgan fingerprint density at radius 3 is 2.62 bits per heavy atom. The molecule has 7 heteroatoms. The van der Waals surface area contributed by atoms with Crippen LogP contribution in [0, 0.1) is 0 Å². The first-order valence-electron chi connectivity index (χ1n) is 7.38. The number of sulfonamides is 1. The summed E-state index contributed by atoms with van der Waals surface area (Å²) >= 11 is 1.35. The molecule has 0 spiro atoms. The molecule has 1 aromatic rings. The third kappa shape index (κ3) is 4.26. The van der Waals surface area contributed by atoms with Crippen molar-refractivity contribution < 1.29 is 13.2 Å². The maximum absolute atomic E-state index is 12.7. The lowest BCUT2D eigenvalue weighted by Crippen LogP contribution is -2.47. The van der Waals surface area contributed by atoms with Gasteiger partial charge in [-0.05, 0) is 38.9 Å². The van der Waals surface area contributed by atoms with Gasteiger partial charge < -0.3 is 10.1 Å². The number of nitrogens with zero attached hydrogens (tertiary/aromatic N) is 1. The van der Waals surface area contributed by atoms with Gasteiger partial charge in [0, 0.05) is 24.5 Å². The average molecular weight is 332 g/mol. The second-order valence-corrected chi connectivity index (χ2v) is 8.81. The van der Waals surface area contributed by atoms with Gasteiger partial charge in [-0.1, -0.05) is 6.92 Å². The third-order valence-electron chi connectivity index (χ3n) is 3.34. The van der Waals surface area contributed by atoms with Crippen molar-refractivity contribution in [3.63, 3.8) is 0 Å². The van der Waals surface area contributed by atoms with E-state index in [1.54, 1.807) is 10.4 Å². The first-order valence-corrected chi connectivity index (χ1v) is 9.64. The number of ether oxygens (including phenoxy) is 1. The van der Waals surface area contributed by atoms with Crippen molar-refractivity contribution in [1.82, 2.24) is 9.62 Å². The molecule has 1 fully saturated rings. The lowest BCUT2D eigenvalue weighted by Gasteiger charge is -2.34. The van der Waals surface area contributed by atoms with Gasteiger partial charge in [-0.25, -0.2) is 8.42 Å². The molecular formula is C14H24N2O3S2. The minimum atomic E-state index is -3.39. The molecule has 120 valence electrons. The molecule has 2 atom stereocenters. The van der Waals surface area contributed by atoms with E-state index in [1.165, 1.54) is 11.3 Å². The van der Waals surface area contributed by atoms with E-state index >= 15 is 0 Å². The zero-order valence-corrected chi connectivity index (χ0v) is 14.5. The van der Waals surface area contributed by atoms with E-state index in [9.17, 15) is 8.42 Å². The quantitative estimate of drug-likeness (QED) is 0.810. The standard InChI is InChI=1S/C14H24N2O3S2/c1-4-7-15-8-13-5-6-14(20-13)21(17,18)16-9-11(2)19-12(3)10-16/h5-6,11-12,15H,4,7-10H2,1-3H3. The maximum atomic E-state index is 12.7. The monoisotopic (exact) mass is 332 g/mol. The SMILES string of the molecule is CCCNCc1ccc(S(=O)(=O)N2CC(C)OC(C)C2)s1. The van der Waals surface area contributed by atoms with E-state index in [0.29, 0.717) is 17.3 Å². The molecule has 0 bridgehead atoms. The molecule has 2 unspecified atom stereocenters. The molecule has 1 N–H and O–H groups in total. The van der Waals surface area contributed by atoms with Gasteiger partial charge >= 0.3 is 0 Å². The van der Waals surface area contributed by atoms with E-state index in [4.69, 9.17) is 4.74 Å². The molecule has 21 heavy (non-hydrogen) atoms. The Kier molecular flexibility index (Phi) is 5.79. The van der Waals surface area contributed by atoms with Crippen LogP contribution in [-0.2, 0) is 21.3 Å². The Hall–Kier alpha value is -0.470. The molecule has 2 rings (SSSR count). The number of hydrogen-bond donors (Lipinski definition) is 1. The summed E-state index contributed by atoms with van der Waals surface area (Å²) in [5.74, 6) is 0. The first-order chi connectivity index (χ1) is 9.93. The Labute approximate surface area is 131 Å². The molecule has 1 aromatic heterocycles. The van der Waals surface area contributed by atoms with Crippen LogP contribution in [0.5, 0.6) is 0 Å². The molecule has 0 aromatic carbocycles. The predicted molar refractivity (Wildman–Crippen MR) is 85.1 cm³/mol. The average Bonchev–Trinajstić information content (AvgIpc) is 2.87. The van der Waals surface area contributed by atoms with E-state index in [1.807, 2.05) is 19.9 Å². The molecule has 1 aliphatic rings. The maximum Gasteiger partial charge on any atom is 0.252 e. The van der Waals surface area contributed by atoms with Crippen molar-refractivity contribution in [3.8, 4) is 0 Å². The third-order valence-corrected chi connectivity index (χ3v) is 6.73. The van der Waals surface area contributed by atoms with Gasteiger partial charge in [0.2, 0.25) is 0 Å². The van der Waals surface area contributed by atoms with Crippen LogP contribution in [0.25, 0.3) is 0 Å². The molecule has 1 aliphatic heterocycles. The summed E-state index contributed by atoms with van der Waals surface area (Å²) in [5, 5.41) is 3.29. The minimum absolute atomic E-state index is 0.0609. The summed E-state index contributed by atoms with van der Waals surface area (Å²) < 4.78 is 32.9. The van der Waals surface area contributed by atoms with Crippen molar-refractivity contribution in [3.05, 3.63) is 17.0 Å². The fraction of sp³-hybridized carbons (Fsp3) is 0.714. The Bertz CT molecular complexity index is 546. The largest absolute Gasteiger partial charge is 0.373 e. The van der Waals surface area contributed by atoms with Gasteiger partial charge in [0.05, 0.1) is 12.2 Å². The van der Waals surface area contributed by atoms with Crippen molar-refractivity contribution in [1.29, 1.82) is 0 Å². The summed E-state index contributed by atoms with van der Waals surface area (Å²) in [6.07, 6.45) is 0.948. The van der Waals surface area contributed by atoms with Crippen LogP contribution >= 0.6 is 11.3 Å². The highest BCUT2D eigenvalue weighted by Gasteiger charge is 2.33. The summed E-state index contributed by atoms with van der Waals surface area (Å²) in [4.78, 5) is 1.05. The lowest BCUT2D eigenvalue weighted by molar-refractivity contribution is -0.0440. The fourth-order valence-corrected chi connectivity index (χ4v) is 5.50. The van der Waals surface area contributed by atoms with Gasteiger partial charge in [-0.3, -0.25) is 0 Å². The van der Waals surface area contributed by atoms with E-state index in [-0.39, 0.29) is 12.2 Å². The predicted octanol–water partition coefficient (Wildman–Crippen LogP) is 2.05. The van der Waals surface area contributed by atoms with Crippen LogP contribution in [0.2, 0.25) is 0 Å². The minimum Gasteiger partial charge on any atom is -0.373 e. The Morgan fingerprint density at radius 2 is 2.00 bits per heavy atom. The second kappa shape index (κ2) is 7.19. The van der Waals surface area contributed by atoms with Crippen LogP contribution in [0.4, 0.5) is 0 Å². The summed E-state index contributed by atoms with van der Waals surface area (Å²) in [6, 6.07) is 3.61. The summed E-state index contributed by atoms with van der Waals surface area (Å²) in [7, 11) is -3.39. The van der Waals surface area contributed by atoms with E-state index < -0.39 is 10.0 Å². The smallest absolute Gasteiger partial charge is 0.252 e. The van der Waals surface area contributed by atoms with Crippen molar-refractivity contribution >= 4 is 21.4 Å². The van der Waals surface area contributed by atoms with Gasteiger partial charge in [0.15, 0.2) is 0 Å². The Morgan fingerprint density at radius 1 is 1.33 bits per heavy atom. The highest BCUT2D eigenvalue weighted by Crippen LogP contribution is 2.27. The normalized spacial score (nSPS) is 24.3. The number of nitrogens with one attached hydrogen (secondary N) is 1. The van der Waals surface area contributed by atoms with Crippen LogP contribution in [0.1, 0.15) is 32.1 Å². The van der Waals surface area contributed by atoms with Crippen molar-refractivity contribution in [2.24, 2.45) is 0 Å². The van der Waals surface area contributed by atoms with Gasteiger partial charge in [-0.2, -0.15) is 4.31 Å². The molecule has 0 radical (unpaired) electrons. The molecule has 5 nitrogen and oxygen atoms in total. The van der Waals surface area contributed by atoms with E-state index in [2.05, 4.69) is 12.2 Å². The van der Waals surface area contributed by atoms with E-state index in [0.717, 1.165) is 24.4 Å².